The summed E-state index contributed by atoms with van der Waals surface area (Å²) in [5.41, 5.74) is -8.54. The number of aliphatic hydroxyl groups excluding tert-OH is 23. The first-order valence-corrected chi connectivity index (χ1v) is 30.7. The largest absolute Gasteiger partial charge is 0.394 e. The molecule has 30 nitrogen and oxygen atoms in total. The monoisotopic (exact) mass is 1250 g/mol. The van der Waals surface area contributed by atoms with Crippen molar-refractivity contribution in [3.8, 4) is 0 Å². The molecule has 23 N–H and O–H groups in total. The zero-order valence-corrected chi connectivity index (χ0v) is 45.6. The van der Waals surface area contributed by atoms with Gasteiger partial charge in [-0.05, 0) is 0 Å². The van der Waals surface area contributed by atoms with E-state index in [2.05, 4.69) is 0 Å². The van der Waals surface area contributed by atoms with Gasteiger partial charge in [-0.2, -0.15) is 0 Å². The summed E-state index contributed by atoms with van der Waals surface area (Å²) in [5, 5.41) is 243. The van der Waals surface area contributed by atoms with Crippen molar-refractivity contribution in [3.63, 3.8) is 0 Å². The second-order valence-corrected chi connectivity index (χ2v) is 26.8. The normalized spacial score (nSPS) is 53.5. The van der Waals surface area contributed by atoms with Gasteiger partial charge in [-0.15, -0.1) is 70.6 Å². The van der Waals surface area contributed by atoms with Crippen LogP contribution in [0.4, 0.5) is 0 Å². The van der Waals surface area contributed by atoms with Crippen LogP contribution in [-0.2, 0) is 33.2 Å². The van der Waals surface area contributed by atoms with Gasteiger partial charge in [0.2, 0.25) is 0 Å². The van der Waals surface area contributed by atoms with Crippen LogP contribution < -0.4 is 0 Å². The minimum atomic E-state index is -1.88. The minimum absolute atomic E-state index is 0.283. The molecule has 7 saturated heterocycles. The fourth-order valence-corrected chi connectivity index (χ4v) is 17.7. The van der Waals surface area contributed by atoms with E-state index >= 15 is 0 Å². The quantitative estimate of drug-likeness (QED) is 0.0571. The molecular formula is C42H72O30S6. The molecule has 0 saturated carbocycles. The topological polar surface area (TPSA) is 530 Å². The number of thioether (sulfide) groups is 6. The molecule has 0 aromatic heterocycles. The van der Waals surface area contributed by atoms with Gasteiger partial charge in [-0.25, -0.2) is 0 Å². The van der Waals surface area contributed by atoms with Crippen molar-refractivity contribution >= 4 is 70.6 Å². The van der Waals surface area contributed by atoms with Crippen molar-refractivity contribution in [2.75, 3.05) is 42.8 Å². The first-order chi connectivity index (χ1) is 36.8. The summed E-state index contributed by atoms with van der Waals surface area (Å²) in [6, 6.07) is 0. The maximum atomic E-state index is 12.0. The second kappa shape index (κ2) is 29.1. The summed E-state index contributed by atoms with van der Waals surface area (Å²) in [6.07, 6.45) is -45.1. The first kappa shape index (κ1) is 66.4. The molecule has 7 heterocycles. The van der Waals surface area contributed by atoms with Crippen molar-refractivity contribution in [3.05, 3.63) is 0 Å². The van der Waals surface area contributed by atoms with Crippen molar-refractivity contribution in [1.82, 2.24) is 0 Å². The van der Waals surface area contributed by atoms with E-state index < -0.39 is 228 Å². The zero-order valence-electron chi connectivity index (χ0n) is 40.8. The van der Waals surface area contributed by atoms with Crippen LogP contribution >= 0.6 is 70.6 Å². The summed E-state index contributed by atoms with van der Waals surface area (Å²) in [5.74, 6) is -1.28. The summed E-state index contributed by atoms with van der Waals surface area (Å²) in [7, 11) is 0. The van der Waals surface area contributed by atoms with Crippen molar-refractivity contribution in [2.24, 2.45) is 0 Å². The Hall–Kier alpha value is 0.900. The molecule has 0 spiro atoms. The molecule has 35 atom stereocenters. The minimum Gasteiger partial charge on any atom is -0.394 e. The number of ether oxygens (including phenoxy) is 7. The van der Waals surface area contributed by atoms with Gasteiger partial charge in [-0.3, -0.25) is 0 Å². The molecule has 78 heavy (non-hydrogen) atoms. The maximum Gasteiger partial charge on any atom is 0.183 e. The Morgan fingerprint density at radius 2 is 0.449 bits per heavy atom. The van der Waals surface area contributed by atoms with E-state index in [1.165, 1.54) is 0 Å². The molecule has 0 aromatic rings. The fraction of sp³-hybridized carbons (Fsp3) is 1.00. The number of rotatable bonds is 19. The van der Waals surface area contributed by atoms with Gasteiger partial charge in [0.15, 0.2) is 6.29 Å². The fourth-order valence-electron chi connectivity index (χ4n) is 9.57. The zero-order chi connectivity index (χ0) is 57.3. The third-order valence-corrected chi connectivity index (χ3v) is 22.5. The molecule has 0 radical (unpaired) electrons. The molecule has 0 bridgehead atoms. The Bertz CT molecular complexity index is 1840. The summed E-state index contributed by atoms with van der Waals surface area (Å²) in [4.78, 5) is 0. The van der Waals surface area contributed by atoms with Crippen molar-refractivity contribution in [2.45, 2.75) is 208 Å². The van der Waals surface area contributed by atoms with Gasteiger partial charge in [0.1, 0.15) is 155 Å². The molecule has 36 heteroatoms. The molecular weight excluding hydrogens is 1180 g/mol. The summed E-state index contributed by atoms with van der Waals surface area (Å²) in [6.45, 7) is -2.38. The lowest BCUT2D eigenvalue weighted by Gasteiger charge is -2.48. The Morgan fingerprint density at radius 1 is 0.218 bits per heavy atom. The lowest BCUT2D eigenvalue weighted by Crippen LogP contribution is -2.62. The molecule has 1 unspecified atom stereocenters. The van der Waals surface area contributed by atoms with Gasteiger partial charge < -0.3 is 151 Å². The van der Waals surface area contributed by atoms with Crippen molar-refractivity contribution < 1.29 is 151 Å². The Kier molecular flexibility index (Phi) is 24.8. The third kappa shape index (κ3) is 14.5. The molecule has 7 rings (SSSR count). The Balaban J connectivity index is 1.10. The Morgan fingerprint density at radius 3 is 0.769 bits per heavy atom. The lowest BCUT2D eigenvalue weighted by atomic mass is 10.00. The molecule has 7 fully saturated rings. The van der Waals surface area contributed by atoms with Gasteiger partial charge in [0.25, 0.3) is 0 Å². The van der Waals surface area contributed by atoms with Gasteiger partial charge in [0.05, 0.1) is 66.9 Å². The SMILES string of the molecule is OC[C@H]1O[C@@H](SC[C@H]2O[C@@H](SC[C@H]3O[C@@H](SC[C@H]4O[C@@H](SC[C@H]5OC(O)[C@H](O)[C@@H](O)[C@@H]5O)[C@H](O)[C@@H](O)[C@@H]4O)[C@H](O)[C@@H](S[C@@H]4O[C@H](CO)[C@@H](O)[C@H](O)[C@H]4O)[C@@H]3O)[C@H](O)[C@@H](S[C@@H]3O[C@H](CO)[C@@H](O)[C@H](O)[C@H]3O)[C@@H]2O)[C@H](O)[C@@H](O)[C@@H]1O. The third-order valence-electron chi connectivity index (χ3n) is 14.5. The van der Waals surface area contributed by atoms with Gasteiger partial charge in [0, 0.05) is 23.0 Å². The molecule has 456 valence electrons. The number of hydrogen-bond donors (Lipinski definition) is 23. The average Bonchev–Trinajstić information content (AvgIpc) is 3.52. The van der Waals surface area contributed by atoms with Crippen LogP contribution in [0, 0.1) is 0 Å². The van der Waals surface area contributed by atoms with Crippen LogP contribution in [0.25, 0.3) is 0 Å². The molecule has 7 aliphatic rings. The predicted molar refractivity (Wildman–Crippen MR) is 271 cm³/mol. The number of aliphatic hydroxyl groups is 23. The smallest absolute Gasteiger partial charge is 0.183 e. The highest BCUT2D eigenvalue weighted by Gasteiger charge is 2.55. The maximum absolute atomic E-state index is 12.0. The molecule has 0 aromatic carbocycles. The molecule has 0 aliphatic carbocycles. The van der Waals surface area contributed by atoms with Crippen LogP contribution in [0.3, 0.4) is 0 Å². The standard InChI is InChI=1S/C42H72O30S6/c43-1-8-15(46)23(54)28(59)37(67-8)74-6-13-20(51)34(77-41-30(61)24(55)16(47)9(2-44)68-41)33(64)40(71-13)76-7-14-21(52)35(78-42-31(62)25(56)17(48)10(3-45)69-42)32(63)39(72-14)75-5-12-19(50)26(57)29(60)38(70-12)73-4-11-18(49)22(53)27(58)36(65)66-11/h8-65H,1-7H2/t8-,9-,10-,11-,12-,13-,14-,15-,16-,17-,18-,19-,20-,21-,22+,23+,24+,25+,26+,27-,28-,29-,30-,31-,32-,33-,34+,35+,36?,37+,38+,39+,40+,41+,42+/m1/s1. The Labute approximate surface area is 469 Å². The molecule has 7 aliphatic heterocycles. The molecule has 0 amide bonds. The highest BCUT2D eigenvalue weighted by molar-refractivity contribution is 8.02. The van der Waals surface area contributed by atoms with E-state index in [1.54, 1.807) is 0 Å². The van der Waals surface area contributed by atoms with E-state index in [-0.39, 0.29) is 23.0 Å². The van der Waals surface area contributed by atoms with Gasteiger partial charge >= 0.3 is 0 Å². The highest BCUT2D eigenvalue weighted by atomic mass is 32.2. The first-order valence-electron chi connectivity index (χ1n) is 24.6. The van der Waals surface area contributed by atoms with Crippen LogP contribution in [0.15, 0.2) is 0 Å². The van der Waals surface area contributed by atoms with Crippen molar-refractivity contribution in [1.29, 1.82) is 0 Å². The van der Waals surface area contributed by atoms with Crippen LogP contribution in [-0.4, -0.2) is 368 Å². The second-order valence-electron chi connectivity index (χ2n) is 19.7. The lowest BCUT2D eigenvalue weighted by molar-refractivity contribution is -0.276. The summed E-state index contributed by atoms with van der Waals surface area (Å²) < 4.78 is 40.6. The van der Waals surface area contributed by atoms with E-state index in [9.17, 15) is 117 Å². The van der Waals surface area contributed by atoms with E-state index in [4.69, 9.17) is 33.2 Å². The van der Waals surface area contributed by atoms with E-state index in [0.29, 0.717) is 23.5 Å². The van der Waals surface area contributed by atoms with E-state index in [1.807, 2.05) is 0 Å². The highest BCUT2D eigenvalue weighted by Crippen LogP contribution is 2.45. The van der Waals surface area contributed by atoms with Crippen LogP contribution in [0.1, 0.15) is 0 Å². The number of hydrogen-bond acceptors (Lipinski definition) is 36. The van der Waals surface area contributed by atoms with Gasteiger partial charge in [-0.1, -0.05) is 0 Å². The van der Waals surface area contributed by atoms with Crippen LogP contribution in [0.5, 0.6) is 0 Å². The summed E-state index contributed by atoms with van der Waals surface area (Å²) >= 11 is 4.30. The van der Waals surface area contributed by atoms with E-state index in [0.717, 1.165) is 47.0 Å². The average molecular weight is 1250 g/mol. The van der Waals surface area contributed by atoms with Crippen LogP contribution in [0.2, 0.25) is 0 Å². The predicted octanol–water partition coefficient (Wildman–Crippen LogP) is -12.0.